The Morgan fingerprint density at radius 1 is 1.26 bits per heavy atom. The van der Waals surface area contributed by atoms with Crippen LogP contribution in [0.15, 0.2) is 47.8 Å². The van der Waals surface area contributed by atoms with Crippen molar-refractivity contribution in [2.45, 2.75) is 25.3 Å². The second-order valence-electron chi connectivity index (χ2n) is 8.28. The van der Waals surface area contributed by atoms with Crippen molar-refractivity contribution < 1.29 is 4.39 Å². The number of thiazole rings is 1. The number of nitrogens with zero attached hydrogens (tertiary/aromatic N) is 7. The molecule has 1 aliphatic rings. The van der Waals surface area contributed by atoms with Crippen LogP contribution in [0.1, 0.15) is 36.8 Å². The van der Waals surface area contributed by atoms with E-state index in [9.17, 15) is 4.79 Å². The molecule has 4 aromatic heterocycles. The van der Waals surface area contributed by atoms with Gasteiger partial charge in [-0.25, -0.2) is 14.4 Å². The highest BCUT2D eigenvalue weighted by molar-refractivity contribution is 7.18. The summed E-state index contributed by atoms with van der Waals surface area (Å²) >= 11 is 7.45. The molecule has 0 aliphatic carbocycles. The lowest BCUT2D eigenvalue weighted by atomic mass is 9.99. The van der Waals surface area contributed by atoms with Gasteiger partial charge in [-0.2, -0.15) is 4.68 Å². The van der Waals surface area contributed by atoms with Crippen molar-refractivity contribution >= 4 is 28.1 Å². The van der Waals surface area contributed by atoms with Gasteiger partial charge in [0.15, 0.2) is 10.9 Å². The molecule has 0 fully saturated rings. The number of imidazole rings is 1. The zero-order valence-corrected chi connectivity index (χ0v) is 19.8. The van der Waals surface area contributed by atoms with Crippen LogP contribution in [0.3, 0.4) is 0 Å². The molecule has 13 heteroatoms. The third kappa shape index (κ3) is 3.53. The van der Waals surface area contributed by atoms with Gasteiger partial charge in [-0.1, -0.05) is 29.9 Å². The van der Waals surface area contributed by atoms with E-state index in [1.807, 2.05) is 13.0 Å². The van der Waals surface area contributed by atoms with Crippen LogP contribution in [0.25, 0.3) is 27.4 Å². The molecule has 35 heavy (non-hydrogen) atoms. The fourth-order valence-electron chi connectivity index (χ4n) is 4.57. The molecule has 0 radical (unpaired) electrons. The van der Waals surface area contributed by atoms with E-state index >= 15 is 4.39 Å². The predicted octanol–water partition coefficient (Wildman–Crippen LogP) is 3.81. The molecule has 5 heterocycles. The summed E-state index contributed by atoms with van der Waals surface area (Å²) in [4.78, 5) is 26.2. The molecule has 5 aromatic rings. The Balaban J connectivity index is 1.46. The molecular weight excluding hydrogens is 493 g/mol. The number of pyridine rings is 1. The maximum Gasteiger partial charge on any atom is 0.252 e. The Bertz CT molecular complexity index is 1620. The number of nitrogens with one attached hydrogen (secondary N) is 1. The lowest BCUT2D eigenvalue weighted by Gasteiger charge is -2.15. The summed E-state index contributed by atoms with van der Waals surface area (Å²) in [6.07, 6.45) is 5.41. The van der Waals surface area contributed by atoms with Crippen molar-refractivity contribution in [3.8, 4) is 27.4 Å². The van der Waals surface area contributed by atoms with Gasteiger partial charge >= 0.3 is 0 Å². The van der Waals surface area contributed by atoms with Crippen LogP contribution in [0.4, 0.5) is 9.52 Å². The molecule has 1 aliphatic heterocycles. The molecule has 6 rings (SSSR count). The maximum absolute atomic E-state index is 15.3. The molecular formula is C22H17ClFN9OS. The summed E-state index contributed by atoms with van der Waals surface area (Å²) in [7, 11) is 0. The highest BCUT2D eigenvalue weighted by Gasteiger charge is 2.33. The first-order chi connectivity index (χ1) is 16.9. The molecule has 0 saturated carbocycles. The van der Waals surface area contributed by atoms with Crippen molar-refractivity contribution in [3.63, 3.8) is 0 Å². The number of halogens is 2. The Hall–Kier alpha value is -3.90. The fraction of sp³-hybridized carbons (Fsp3) is 0.182. The Morgan fingerprint density at radius 3 is 2.86 bits per heavy atom. The number of hydrogen-bond acceptors (Lipinski definition) is 8. The maximum atomic E-state index is 15.3. The third-order valence-electron chi connectivity index (χ3n) is 6.15. The number of H-pyrrole nitrogens is 1. The summed E-state index contributed by atoms with van der Waals surface area (Å²) in [5, 5.41) is 11.5. The Kier molecular flexibility index (Phi) is 5.00. The predicted molar refractivity (Wildman–Crippen MR) is 129 cm³/mol. The molecule has 0 bridgehead atoms. The van der Waals surface area contributed by atoms with E-state index in [0.717, 1.165) is 16.3 Å². The van der Waals surface area contributed by atoms with Gasteiger partial charge in [-0.3, -0.25) is 4.79 Å². The number of aromatic nitrogens is 8. The lowest BCUT2D eigenvalue weighted by Crippen LogP contribution is -2.24. The second-order valence-corrected chi connectivity index (χ2v) is 9.75. The van der Waals surface area contributed by atoms with Crippen LogP contribution >= 0.6 is 22.9 Å². The van der Waals surface area contributed by atoms with Crippen molar-refractivity contribution in [3.05, 3.63) is 75.7 Å². The Labute approximate surface area is 206 Å². The zero-order chi connectivity index (χ0) is 24.3. The van der Waals surface area contributed by atoms with Gasteiger partial charge in [0, 0.05) is 23.5 Å². The second kappa shape index (κ2) is 8.10. The van der Waals surface area contributed by atoms with Crippen LogP contribution in [0.2, 0.25) is 5.02 Å². The van der Waals surface area contributed by atoms with Gasteiger partial charge in [0.05, 0.1) is 33.5 Å². The molecule has 1 aromatic carbocycles. The molecule has 3 N–H and O–H groups in total. The van der Waals surface area contributed by atoms with E-state index in [1.54, 1.807) is 23.0 Å². The highest BCUT2D eigenvalue weighted by Crippen LogP contribution is 2.41. The fourth-order valence-corrected chi connectivity index (χ4v) is 5.38. The van der Waals surface area contributed by atoms with Crippen molar-refractivity contribution in [2.75, 3.05) is 5.73 Å². The van der Waals surface area contributed by atoms with Gasteiger partial charge in [-0.15, -0.1) is 5.10 Å². The van der Waals surface area contributed by atoms with Crippen LogP contribution in [0, 0.1) is 5.82 Å². The average Bonchev–Trinajstić information content (AvgIpc) is 3.62. The van der Waals surface area contributed by atoms with Crippen LogP contribution in [-0.4, -0.2) is 39.7 Å². The van der Waals surface area contributed by atoms with E-state index in [1.165, 1.54) is 34.5 Å². The molecule has 2 atom stereocenters. The number of benzene rings is 1. The first-order valence-corrected chi connectivity index (χ1v) is 11.8. The topological polar surface area (TPSA) is 133 Å². The summed E-state index contributed by atoms with van der Waals surface area (Å²) in [6, 6.07) is 5.99. The number of nitrogen functional groups attached to an aromatic ring is 1. The van der Waals surface area contributed by atoms with E-state index in [2.05, 4.69) is 30.5 Å². The van der Waals surface area contributed by atoms with Crippen molar-refractivity contribution in [2.24, 2.45) is 0 Å². The first kappa shape index (κ1) is 21.6. The molecule has 0 amide bonds. The number of hydrogen-bond donors (Lipinski definition) is 2. The average molecular weight is 510 g/mol. The number of nitrogens with two attached hydrogens (primary N) is 1. The summed E-state index contributed by atoms with van der Waals surface area (Å²) in [5.41, 5.74) is 7.98. The van der Waals surface area contributed by atoms with Crippen molar-refractivity contribution in [1.29, 1.82) is 0 Å². The largest absolute Gasteiger partial charge is 0.375 e. The number of anilines is 1. The number of fused-ring (bicyclic) bond motifs is 1. The minimum absolute atomic E-state index is 0.0268. The summed E-state index contributed by atoms with van der Waals surface area (Å²) in [5.74, 6) is 0.0421. The number of rotatable bonds is 4. The van der Waals surface area contributed by atoms with Gasteiger partial charge in [0.25, 0.3) is 5.56 Å². The first-order valence-electron chi connectivity index (χ1n) is 10.7. The zero-order valence-electron chi connectivity index (χ0n) is 18.2. The summed E-state index contributed by atoms with van der Waals surface area (Å²) in [6.45, 7) is 2.03. The van der Waals surface area contributed by atoms with E-state index in [-0.39, 0.29) is 28.1 Å². The third-order valence-corrected chi connectivity index (χ3v) is 7.30. The van der Waals surface area contributed by atoms with Crippen molar-refractivity contribution in [1.82, 2.24) is 39.7 Å². The SMILES string of the molecule is C[C@@H]1C[C@H](c2ncc(-c3cnc(N)s3)[nH]2)n2c1cc(-c1c(-n3cnnn3)ccc(Cl)c1F)cc2=O. The number of tetrazole rings is 1. The standard InChI is InChI=1S/C22H17ClFN9OS/c1-10-4-16(21-26-7-13(29-21)17-8-27-22(25)35-17)33-15(10)5-11(6-18(33)34)19-14(32-9-28-30-31-32)3-2-12(23)20(19)24/h2-3,5-10,16H,4H2,1H3,(H2,25,27)(H,26,29)/t10-,16-/m1/s1. The van der Waals surface area contributed by atoms with Gasteiger partial charge in [0.1, 0.15) is 12.2 Å². The van der Waals surface area contributed by atoms with Crippen LogP contribution in [0.5, 0.6) is 0 Å². The van der Waals surface area contributed by atoms with Crippen LogP contribution in [-0.2, 0) is 0 Å². The van der Waals surface area contributed by atoms with E-state index < -0.39 is 5.82 Å². The minimum Gasteiger partial charge on any atom is -0.375 e. The smallest absolute Gasteiger partial charge is 0.252 e. The van der Waals surface area contributed by atoms with E-state index in [4.69, 9.17) is 17.3 Å². The van der Waals surface area contributed by atoms with Gasteiger partial charge in [-0.05, 0) is 46.5 Å². The summed E-state index contributed by atoms with van der Waals surface area (Å²) < 4.78 is 18.3. The monoisotopic (exact) mass is 509 g/mol. The molecule has 176 valence electrons. The highest BCUT2D eigenvalue weighted by atomic mass is 35.5. The quantitative estimate of drug-likeness (QED) is 0.376. The lowest BCUT2D eigenvalue weighted by molar-refractivity contribution is 0.557. The molecule has 0 saturated heterocycles. The number of aromatic amines is 1. The van der Waals surface area contributed by atoms with Gasteiger partial charge < -0.3 is 15.3 Å². The Morgan fingerprint density at radius 2 is 2.11 bits per heavy atom. The molecule has 0 spiro atoms. The van der Waals surface area contributed by atoms with Crippen LogP contribution < -0.4 is 11.3 Å². The normalized spacial score (nSPS) is 17.1. The van der Waals surface area contributed by atoms with E-state index in [0.29, 0.717) is 28.6 Å². The van der Waals surface area contributed by atoms with Gasteiger partial charge in [0.2, 0.25) is 0 Å². The molecule has 10 nitrogen and oxygen atoms in total. The molecule has 0 unspecified atom stereocenters. The minimum atomic E-state index is -0.647.